The quantitative estimate of drug-likeness (QED) is 0.527. The molecule has 3 nitrogen and oxygen atoms in total. The summed E-state index contributed by atoms with van der Waals surface area (Å²) in [6.07, 6.45) is 3.62. The van der Waals surface area contributed by atoms with Crippen molar-refractivity contribution in [3.63, 3.8) is 0 Å². The third-order valence-electron chi connectivity index (χ3n) is 3.21. The molecule has 0 unspecified atom stereocenters. The Kier molecular flexibility index (Phi) is 8.81. The van der Waals surface area contributed by atoms with Crippen molar-refractivity contribution >= 4 is 52.3 Å². The fraction of sp³-hybridized carbons (Fsp3) is 0.118. The molecular formula is C17H16BrCl3N2O. The molecule has 0 aliphatic carbocycles. The summed E-state index contributed by atoms with van der Waals surface area (Å²) < 4.78 is 6.80. The summed E-state index contributed by atoms with van der Waals surface area (Å²) in [5.41, 5.74) is 2.04. The van der Waals surface area contributed by atoms with E-state index in [2.05, 4.69) is 26.2 Å². The van der Waals surface area contributed by atoms with Gasteiger partial charge in [-0.05, 0) is 42.0 Å². The Bertz CT molecular complexity index is 766. The summed E-state index contributed by atoms with van der Waals surface area (Å²) >= 11 is 9.65. The lowest BCUT2D eigenvalue weighted by molar-refractivity contribution is 0.493. The van der Waals surface area contributed by atoms with E-state index in [-0.39, 0.29) is 24.8 Å². The van der Waals surface area contributed by atoms with Crippen molar-refractivity contribution in [2.45, 2.75) is 13.1 Å². The molecule has 24 heavy (non-hydrogen) atoms. The molecule has 1 N–H and O–H groups in total. The zero-order valence-corrected chi connectivity index (χ0v) is 16.5. The van der Waals surface area contributed by atoms with Gasteiger partial charge in [0.1, 0.15) is 11.5 Å². The Morgan fingerprint density at radius 2 is 1.92 bits per heavy atom. The van der Waals surface area contributed by atoms with Crippen LogP contribution in [0.4, 0.5) is 0 Å². The number of rotatable bonds is 5. The summed E-state index contributed by atoms with van der Waals surface area (Å²) in [5.74, 6) is 1.65. The van der Waals surface area contributed by atoms with Gasteiger partial charge in [-0.1, -0.05) is 33.6 Å². The fourth-order valence-corrected chi connectivity index (χ4v) is 2.91. The monoisotopic (exact) mass is 448 g/mol. The molecule has 3 aromatic rings. The van der Waals surface area contributed by atoms with Crippen LogP contribution in [0.1, 0.15) is 11.3 Å². The van der Waals surface area contributed by atoms with Gasteiger partial charge >= 0.3 is 0 Å². The standard InChI is InChI=1S/C17H14BrClN2O.2ClH/c18-13-3-5-15(16(19)8-13)17-6-4-14(22-17)11-21-10-12-2-1-7-20-9-12;;/h1-9,21H,10-11H2;2*1H. The molecule has 0 saturated carbocycles. The zero-order chi connectivity index (χ0) is 15.4. The van der Waals surface area contributed by atoms with Crippen molar-refractivity contribution in [1.82, 2.24) is 10.3 Å². The van der Waals surface area contributed by atoms with Crippen molar-refractivity contribution in [3.8, 4) is 11.3 Å². The highest BCUT2D eigenvalue weighted by molar-refractivity contribution is 9.10. The first-order valence-electron chi connectivity index (χ1n) is 6.86. The summed E-state index contributed by atoms with van der Waals surface area (Å²) in [4.78, 5) is 4.09. The van der Waals surface area contributed by atoms with E-state index in [1.54, 1.807) is 6.20 Å². The van der Waals surface area contributed by atoms with Crippen LogP contribution < -0.4 is 5.32 Å². The molecule has 1 aromatic carbocycles. The second-order valence-electron chi connectivity index (χ2n) is 4.85. The predicted octanol–water partition coefficient (Wildman–Crippen LogP) is 5.89. The van der Waals surface area contributed by atoms with Crippen LogP contribution >= 0.6 is 52.3 Å². The third kappa shape index (κ3) is 5.50. The Hall–Kier alpha value is -1.04. The number of nitrogens with one attached hydrogen (secondary N) is 1. The second kappa shape index (κ2) is 10.1. The number of furan rings is 1. The lowest BCUT2D eigenvalue weighted by Gasteiger charge is -2.03. The van der Waals surface area contributed by atoms with Crippen LogP contribution in [0, 0.1) is 0 Å². The van der Waals surface area contributed by atoms with E-state index in [1.807, 2.05) is 48.7 Å². The normalized spacial score (nSPS) is 9.92. The first-order chi connectivity index (χ1) is 10.7. The lowest BCUT2D eigenvalue weighted by atomic mass is 10.2. The van der Waals surface area contributed by atoms with Crippen LogP contribution in [0.3, 0.4) is 0 Å². The van der Waals surface area contributed by atoms with Gasteiger partial charge in [-0.3, -0.25) is 4.98 Å². The van der Waals surface area contributed by atoms with Gasteiger partial charge in [-0.15, -0.1) is 24.8 Å². The van der Waals surface area contributed by atoms with Gasteiger partial charge < -0.3 is 9.73 Å². The van der Waals surface area contributed by atoms with Crippen LogP contribution in [0.25, 0.3) is 11.3 Å². The molecule has 7 heteroatoms. The lowest BCUT2D eigenvalue weighted by Crippen LogP contribution is -2.12. The highest BCUT2D eigenvalue weighted by Crippen LogP contribution is 2.31. The SMILES string of the molecule is Cl.Cl.Clc1cc(Br)ccc1-c1ccc(CNCc2cccnc2)o1. The number of benzene rings is 1. The minimum absolute atomic E-state index is 0. The summed E-state index contributed by atoms with van der Waals surface area (Å²) in [7, 11) is 0. The minimum atomic E-state index is 0. The first-order valence-corrected chi connectivity index (χ1v) is 8.03. The third-order valence-corrected chi connectivity index (χ3v) is 4.02. The van der Waals surface area contributed by atoms with E-state index in [0.29, 0.717) is 11.6 Å². The molecule has 0 spiro atoms. The van der Waals surface area contributed by atoms with E-state index in [4.69, 9.17) is 16.0 Å². The molecule has 0 atom stereocenters. The smallest absolute Gasteiger partial charge is 0.135 e. The van der Waals surface area contributed by atoms with Gasteiger partial charge in [0, 0.05) is 29.0 Å². The largest absolute Gasteiger partial charge is 0.460 e. The van der Waals surface area contributed by atoms with Gasteiger partial charge in [0.25, 0.3) is 0 Å². The number of halogens is 4. The highest BCUT2D eigenvalue weighted by atomic mass is 79.9. The molecule has 3 rings (SSSR count). The summed E-state index contributed by atoms with van der Waals surface area (Å²) in [6.45, 7) is 1.41. The summed E-state index contributed by atoms with van der Waals surface area (Å²) in [6, 6.07) is 13.6. The molecule has 0 bridgehead atoms. The number of aromatic nitrogens is 1. The highest BCUT2D eigenvalue weighted by Gasteiger charge is 2.09. The van der Waals surface area contributed by atoms with E-state index in [9.17, 15) is 0 Å². The van der Waals surface area contributed by atoms with Gasteiger partial charge in [0.15, 0.2) is 0 Å². The van der Waals surface area contributed by atoms with Crippen molar-refractivity contribution in [2.75, 3.05) is 0 Å². The molecular weight excluding hydrogens is 434 g/mol. The van der Waals surface area contributed by atoms with Crippen molar-refractivity contribution in [2.24, 2.45) is 0 Å². The molecule has 0 saturated heterocycles. The molecule has 0 aliphatic rings. The minimum Gasteiger partial charge on any atom is -0.460 e. The Morgan fingerprint density at radius 1 is 1.08 bits per heavy atom. The molecule has 0 amide bonds. The van der Waals surface area contributed by atoms with Crippen molar-refractivity contribution < 1.29 is 4.42 Å². The number of nitrogens with zero attached hydrogens (tertiary/aromatic N) is 1. The molecule has 2 heterocycles. The van der Waals surface area contributed by atoms with Crippen molar-refractivity contribution in [3.05, 3.63) is 75.7 Å². The molecule has 128 valence electrons. The van der Waals surface area contributed by atoms with Crippen molar-refractivity contribution in [1.29, 1.82) is 0 Å². The van der Waals surface area contributed by atoms with E-state index in [1.165, 1.54) is 0 Å². The average Bonchev–Trinajstić information content (AvgIpc) is 2.97. The van der Waals surface area contributed by atoms with Crippen LogP contribution in [0.5, 0.6) is 0 Å². The molecule has 2 aromatic heterocycles. The maximum Gasteiger partial charge on any atom is 0.135 e. The molecule has 0 aliphatic heterocycles. The maximum atomic E-state index is 6.25. The number of hydrogen-bond donors (Lipinski definition) is 1. The van der Waals surface area contributed by atoms with Crippen LogP contribution in [-0.4, -0.2) is 4.98 Å². The molecule has 0 radical (unpaired) electrons. The van der Waals surface area contributed by atoms with E-state index >= 15 is 0 Å². The van der Waals surface area contributed by atoms with Gasteiger partial charge in [-0.2, -0.15) is 0 Å². The Balaban J connectivity index is 0.00000144. The van der Waals surface area contributed by atoms with Gasteiger partial charge in [0.2, 0.25) is 0 Å². The summed E-state index contributed by atoms with van der Waals surface area (Å²) in [5, 5.41) is 4.00. The number of pyridine rings is 1. The van der Waals surface area contributed by atoms with Crippen LogP contribution in [-0.2, 0) is 13.1 Å². The van der Waals surface area contributed by atoms with E-state index in [0.717, 1.165) is 33.7 Å². The van der Waals surface area contributed by atoms with Gasteiger partial charge in [-0.25, -0.2) is 0 Å². The first kappa shape index (κ1) is 21.0. The number of hydrogen-bond acceptors (Lipinski definition) is 3. The Morgan fingerprint density at radius 3 is 2.62 bits per heavy atom. The second-order valence-corrected chi connectivity index (χ2v) is 6.18. The topological polar surface area (TPSA) is 38.1 Å². The van der Waals surface area contributed by atoms with E-state index < -0.39 is 0 Å². The maximum absolute atomic E-state index is 6.25. The zero-order valence-electron chi connectivity index (χ0n) is 12.5. The predicted molar refractivity (Wildman–Crippen MR) is 106 cm³/mol. The molecule has 0 fully saturated rings. The van der Waals surface area contributed by atoms with Crippen LogP contribution in [0.15, 0.2) is 63.7 Å². The van der Waals surface area contributed by atoms with Crippen LogP contribution in [0.2, 0.25) is 5.02 Å². The average molecular weight is 451 g/mol. The fourth-order valence-electron chi connectivity index (χ4n) is 2.14. The van der Waals surface area contributed by atoms with Gasteiger partial charge in [0.05, 0.1) is 11.6 Å². The Labute approximate surface area is 166 Å².